The van der Waals surface area contributed by atoms with Crippen LogP contribution in [-0.4, -0.2) is 36.6 Å². The number of aliphatic hydroxyl groups excluding tert-OH is 3. The summed E-state index contributed by atoms with van der Waals surface area (Å²) in [5.41, 5.74) is 0. The van der Waals surface area contributed by atoms with E-state index in [-0.39, 0.29) is 26.2 Å². The van der Waals surface area contributed by atoms with Crippen LogP contribution < -0.4 is 0 Å². The first-order chi connectivity index (χ1) is 4.00. The van der Waals surface area contributed by atoms with Gasteiger partial charge in [0.25, 0.3) is 0 Å². The molecular formula is C5H15O3Zr-. The summed E-state index contributed by atoms with van der Waals surface area (Å²) in [6.45, 7) is 7.00. The summed E-state index contributed by atoms with van der Waals surface area (Å²) >= 11 is 0. The van der Waals surface area contributed by atoms with Gasteiger partial charge in [-0.3, -0.25) is 6.58 Å². The van der Waals surface area contributed by atoms with Gasteiger partial charge in [0.05, 0.1) is 0 Å². The average Bonchev–Trinajstić information content (AvgIpc) is 2.03. The van der Waals surface area contributed by atoms with Crippen molar-refractivity contribution in [3.63, 3.8) is 0 Å². The maximum absolute atomic E-state index is 7.00. The first kappa shape index (κ1) is 33.9. The molecule has 0 bridgehead atoms. The van der Waals surface area contributed by atoms with Gasteiger partial charge in [0, 0.05) is 47.5 Å². The Bertz CT molecular complexity index is 12.2. The van der Waals surface area contributed by atoms with Gasteiger partial charge in [-0.1, -0.05) is 0 Å². The van der Waals surface area contributed by atoms with Gasteiger partial charge in [-0.2, -0.15) is 0 Å². The van der Waals surface area contributed by atoms with E-state index >= 15 is 0 Å². The molecule has 0 aromatic heterocycles. The summed E-state index contributed by atoms with van der Waals surface area (Å²) in [7, 11) is 3.00. The molecule has 0 saturated heterocycles. The molecule has 0 aromatic carbocycles. The third-order valence-corrected chi connectivity index (χ3v) is 0. The molecule has 0 heterocycles. The normalized spacial score (nSPS) is 2.44. The van der Waals surface area contributed by atoms with Crippen molar-refractivity contribution in [2.24, 2.45) is 0 Å². The summed E-state index contributed by atoms with van der Waals surface area (Å²) in [5.74, 6) is 0. The van der Waals surface area contributed by atoms with E-state index in [1.54, 1.807) is 0 Å². The van der Waals surface area contributed by atoms with Gasteiger partial charge in [-0.25, -0.2) is 0 Å². The fourth-order valence-electron chi connectivity index (χ4n) is 0. The second kappa shape index (κ2) is 1890. The molecule has 0 spiro atoms. The number of hydrogen-bond acceptors (Lipinski definition) is 3. The van der Waals surface area contributed by atoms with E-state index in [1.165, 1.54) is 0 Å². The zero-order chi connectivity index (χ0) is 8.00. The quantitative estimate of drug-likeness (QED) is 0.473. The van der Waals surface area contributed by atoms with Gasteiger partial charge in [0.2, 0.25) is 0 Å². The molecule has 9 heavy (non-hydrogen) atoms. The van der Waals surface area contributed by atoms with Crippen LogP contribution in [-0.2, 0) is 26.2 Å². The van der Waals surface area contributed by atoms with E-state index in [2.05, 4.69) is 13.2 Å². The standard InChI is InChI=1S/C2H3.3CH4O.Zr/c4*1-2;/h1H,2H2;3*2H,1H3;/q-1;;;;. The minimum absolute atomic E-state index is 0. The molecule has 0 radical (unpaired) electrons. The molecule has 0 fully saturated rings. The summed E-state index contributed by atoms with van der Waals surface area (Å²) in [6.07, 6.45) is 0. The summed E-state index contributed by atoms with van der Waals surface area (Å²) < 4.78 is 0. The SMILES string of the molecule is CO.CO.CO.[CH-]=C.[Zr]. The zero-order valence-electron chi connectivity index (χ0n) is 6.13. The van der Waals surface area contributed by atoms with E-state index < -0.39 is 0 Å². The summed E-state index contributed by atoms with van der Waals surface area (Å²) in [5, 5.41) is 21.0. The molecule has 0 aliphatic heterocycles. The predicted molar refractivity (Wildman–Crippen MR) is 34.4 cm³/mol. The average molecular weight is 214 g/mol. The molecule has 0 rings (SSSR count). The monoisotopic (exact) mass is 213 g/mol. The first-order valence-corrected chi connectivity index (χ1v) is 1.75. The van der Waals surface area contributed by atoms with Crippen LogP contribution in [0.1, 0.15) is 0 Å². The Balaban J connectivity index is -0.00000000762. The molecule has 0 amide bonds. The van der Waals surface area contributed by atoms with Crippen molar-refractivity contribution in [3.8, 4) is 0 Å². The molecule has 0 aliphatic carbocycles. The maximum atomic E-state index is 7.00. The molecule has 4 heteroatoms. The van der Waals surface area contributed by atoms with E-state index in [4.69, 9.17) is 15.3 Å². The van der Waals surface area contributed by atoms with E-state index in [0.717, 1.165) is 21.3 Å². The Hall–Kier alpha value is 0.503. The number of hydrogen-bond donors (Lipinski definition) is 3. The fourth-order valence-corrected chi connectivity index (χ4v) is 0. The Morgan fingerprint density at radius 3 is 0.778 bits per heavy atom. The summed E-state index contributed by atoms with van der Waals surface area (Å²) in [6, 6.07) is 0. The second-order valence-corrected chi connectivity index (χ2v) is 0. The molecular weight excluding hydrogens is 199 g/mol. The Morgan fingerprint density at radius 2 is 0.778 bits per heavy atom. The van der Waals surface area contributed by atoms with E-state index in [9.17, 15) is 0 Å². The van der Waals surface area contributed by atoms with Crippen molar-refractivity contribution in [2.45, 2.75) is 0 Å². The van der Waals surface area contributed by atoms with Crippen LogP contribution in [0, 0.1) is 6.58 Å². The maximum Gasteiger partial charge on any atom is 0.0319 e. The topological polar surface area (TPSA) is 60.7 Å². The first-order valence-electron chi connectivity index (χ1n) is 1.75. The molecule has 3 N–H and O–H groups in total. The zero-order valence-corrected chi connectivity index (χ0v) is 8.58. The minimum Gasteiger partial charge on any atom is -0.521 e. The van der Waals surface area contributed by atoms with E-state index in [0.29, 0.717) is 0 Å². The summed E-state index contributed by atoms with van der Waals surface area (Å²) in [4.78, 5) is 0. The Morgan fingerprint density at radius 1 is 0.778 bits per heavy atom. The third kappa shape index (κ3) is 1420. The second-order valence-electron chi connectivity index (χ2n) is 0. The van der Waals surface area contributed by atoms with Crippen molar-refractivity contribution < 1.29 is 41.5 Å². The van der Waals surface area contributed by atoms with Crippen molar-refractivity contribution in [3.05, 3.63) is 13.2 Å². The molecule has 58 valence electrons. The number of rotatable bonds is 0. The molecule has 0 aromatic rings. The largest absolute Gasteiger partial charge is 0.521 e. The molecule has 0 aliphatic rings. The predicted octanol–water partition coefficient (Wildman–Crippen LogP) is -0.572. The minimum atomic E-state index is 0. The van der Waals surface area contributed by atoms with Gasteiger partial charge in [-0.15, -0.1) is 0 Å². The van der Waals surface area contributed by atoms with Crippen LogP contribution in [0.2, 0.25) is 0 Å². The van der Waals surface area contributed by atoms with Crippen molar-refractivity contribution in [2.75, 3.05) is 21.3 Å². The third-order valence-electron chi connectivity index (χ3n) is 0. The van der Waals surface area contributed by atoms with Crippen LogP contribution >= 0.6 is 0 Å². The van der Waals surface area contributed by atoms with Crippen LogP contribution in [0.15, 0.2) is 6.58 Å². The van der Waals surface area contributed by atoms with Gasteiger partial charge in [0.15, 0.2) is 0 Å². The molecule has 0 saturated carbocycles. The van der Waals surface area contributed by atoms with Crippen LogP contribution in [0.3, 0.4) is 0 Å². The Kier molecular flexibility index (Phi) is 7120. The van der Waals surface area contributed by atoms with Crippen molar-refractivity contribution in [1.29, 1.82) is 0 Å². The Labute approximate surface area is 76.2 Å². The smallest absolute Gasteiger partial charge is 0.0319 e. The van der Waals surface area contributed by atoms with Gasteiger partial charge >= 0.3 is 0 Å². The molecule has 3 nitrogen and oxygen atoms in total. The van der Waals surface area contributed by atoms with Gasteiger partial charge in [-0.05, 0) is 0 Å². The van der Waals surface area contributed by atoms with Crippen LogP contribution in [0.25, 0.3) is 0 Å². The molecule has 0 atom stereocenters. The van der Waals surface area contributed by atoms with Gasteiger partial charge in [0.1, 0.15) is 0 Å². The molecule has 0 unspecified atom stereocenters. The van der Waals surface area contributed by atoms with Crippen molar-refractivity contribution in [1.82, 2.24) is 0 Å². The van der Waals surface area contributed by atoms with Crippen LogP contribution in [0.4, 0.5) is 0 Å². The van der Waals surface area contributed by atoms with Gasteiger partial charge < -0.3 is 21.9 Å². The van der Waals surface area contributed by atoms with E-state index in [1.807, 2.05) is 0 Å². The van der Waals surface area contributed by atoms with Crippen LogP contribution in [0.5, 0.6) is 0 Å². The fraction of sp³-hybridized carbons (Fsp3) is 0.600. The number of aliphatic hydroxyl groups is 3. The van der Waals surface area contributed by atoms with Crippen molar-refractivity contribution >= 4 is 0 Å².